The van der Waals surface area contributed by atoms with Gasteiger partial charge in [-0.1, -0.05) is 96.4 Å². The zero-order chi connectivity index (χ0) is 28.8. The lowest BCUT2D eigenvalue weighted by Crippen LogP contribution is -2.63. The van der Waals surface area contributed by atoms with Crippen molar-refractivity contribution >= 4 is 0 Å². The fraction of sp³-hybridized carbons (Fsp3) is 1.00. The van der Waals surface area contributed by atoms with E-state index >= 15 is 0 Å². The molecule has 0 bridgehead atoms. The minimum absolute atomic E-state index is 0. The Bertz CT molecular complexity index is 517. The number of piperazine rings is 1. The molecule has 0 aromatic carbocycles. The molecule has 2 aliphatic rings. The fourth-order valence-electron chi connectivity index (χ4n) is 5.89. The predicted molar refractivity (Wildman–Crippen MR) is 174 cm³/mol. The van der Waals surface area contributed by atoms with Gasteiger partial charge in [-0.2, -0.15) is 0 Å². The summed E-state index contributed by atoms with van der Waals surface area (Å²) >= 11 is 0. The Morgan fingerprint density at radius 1 is 0.622 bits per heavy atom. The van der Waals surface area contributed by atoms with Crippen LogP contribution in [-0.2, 0) is 0 Å². The number of likely N-dealkylation sites (tertiary alicyclic amines) is 1. The van der Waals surface area contributed by atoms with Crippen LogP contribution in [0.15, 0.2) is 0 Å². The second kappa shape index (κ2) is 19.0. The highest BCUT2D eigenvalue weighted by molar-refractivity contribution is 4.99. The maximum Gasteiger partial charge on any atom is 0.0205 e. The molecule has 0 atom stereocenters. The molecule has 0 N–H and O–H groups in total. The van der Waals surface area contributed by atoms with Gasteiger partial charge in [0.05, 0.1) is 0 Å². The highest BCUT2D eigenvalue weighted by Crippen LogP contribution is 2.43. The van der Waals surface area contributed by atoms with Gasteiger partial charge in [0, 0.05) is 37.3 Å². The monoisotopic (exact) mass is 528 g/mol. The molecule has 2 saturated heterocycles. The number of nitrogens with zero attached hydrogens (tertiary/aromatic N) is 3. The lowest BCUT2D eigenvalue weighted by molar-refractivity contribution is -0.0532. The summed E-state index contributed by atoms with van der Waals surface area (Å²) < 4.78 is 0. The SMILES string of the molecule is C.CC.CCC.CCC.CCC(C)(C)C(C)(C)N1CCN(C(C)(C)CC(C)(C)C2CCN(C)CC2)CC1. The molecule has 2 heterocycles. The first kappa shape index (κ1) is 41.4. The van der Waals surface area contributed by atoms with Crippen molar-refractivity contribution in [2.75, 3.05) is 46.3 Å². The van der Waals surface area contributed by atoms with Crippen LogP contribution in [-0.4, -0.2) is 72.1 Å². The van der Waals surface area contributed by atoms with E-state index < -0.39 is 0 Å². The van der Waals surface area contributed by atoms with Crippen molar-refractivity contribution < 1.29 is 0 Å². The quantitative estimate of drug-likeness (QED) is 0.326. The zero-order valence-corrected chi connectivity index (χ0v) is 28.4. The molecular formula is C34H77N3. The minimum Gasteiger partial charge on any atom is -0.306 e. The van der Waals surface area contributed by atoms with Crippen LogP contribution < -0.4 is 0 Å². The average molecular weight is 528 g/mol. The maximum atomic E-state index is 2.79. The normalized spacial score (nSPS) is 18.8. The van der Waals surface area contributed by atoms with Gasteiger partial charge in [0.1, 0.15) is 0 Å². The molecule has 0 aliphatic carbocycles. The lowest BCUT2D eigenvalue weighted by atomic mass is 9.67. The maximum absolute atomic E-state index is 2.79. The van der Waals surface area contributed by atoms with Gasteiger partial charge in [-0.05, 0) is 90.3 Å². The standard InChI is InChI=1S/C25H51N3.2C3H8.C2H6.CH4/c1-11-23(4,5)25(8,9)28-18-16-27(17-19-28)24(6,7)20-22(2,3)21-12-14-26(10)15-13-21;2*1-3-2;1-2;/h21H,11-20H2,1-10H3;2*3H2,1-2H3;1-2H3;1H4. The third-order valence-electron chi connectivity index (χ3n) is 9.18. The molecule has 0 unspecified atom stereocenters. The molecule has 228 valence electrons. The van der Waals surface area contributed by atoms with E-state index in [4.69, 9.17) is 0 Å². The van der Waals surface area contributed by atoms with Crippen molar-refractivity contribution in [3.05, 3.63) is 0 Å². The van der Waals surface area contributed by atoms with Crippen molar-refractivity contribution in [2.45, 2.75) is 161 Å². The summed E-state index contributed by atoms with van der Waals surface area (Å²) in [6.07, 6.45) is 7.77. The number of hydrogen-bond acceptors (Lipinski definition) is 3. The summed E-state index contributed by atoms with van der Waals surface area (Å²) in [6.45, 7) is 42.1. The van der Waals surface area contributed by atoms with Gasteiger partial charge in [-0.3, -0.25) is 9.80 Å². The second-order valence-corrected chi connectivity index (χ2v) is 13.7. The van der Waals surface area contributed by atoms with Crippen LogP contribution in [0.3, 0.4) is 0 Å². The van der Waals surface area contributed by atoms with Gasteiger partial charge in [0.15, 0.2) is 0 Å². The molecule has 0 aromatic heterocycles. The Labute approximate surface area is 238 Å². The molecule has 3 heteroatoms. The average Bonchev–Trinajstić information content (AvgIpc) is 2.81. The van der Waals surface area contributed by atoms with E-state index in [-0.39, 0.29) is 18.5 Å². The van der Waals surface area contributed by atoms with E-state index in [9.17, 15) is 0 Å². The van der Waals surface area contributed by atoms with Crippen LogP contribution >= 0.6 is 0 Å². The van der Waals surface area contributed by atoms with E-state index in [1.54, 1.807) is 0 Å². The van der Waals surface area contributed by atoms with E-state index in [2.05, 4.69) is 112 Å². The molecule has 3 nitrogen and oxygen atoms in total. The van der Waals surface area contributed by atoms with Crippen molar-refractivity contribution in [1.29, 1.82) is 0 Å². The van der Waals surface area contributed by atoms with Gasteiger partial charge < -0.3 is 4.90 Å². The molecule has 2 rings (SSSR count). The first-order valence-corrected chi connectivity index (χ1v) is 15.7. The number of rotatable bonds is 7. The Kier molecular flexibility index (Phi) is 21.3. The minimum atomic E-state index is 0. The van der Waals surface area contributed by atoms with Crippen molar-refractivity contribution in [1.82, 2.24) is 14.7 Å². The topological polar surface area (TPSA) is 9.72 Å². The Hall–Kier alpha value is -0.120. The lowest BCUT2D eigenvalue weighted by Gasteiger charge is -2.55. The summed E-state index contributed by atoms with van der Waals surface area (Å²) in [7, 11) is 2.27. The smallest absolute Gasteiger partial charge is 0.0205 e. The van der Waals surface area contributed by atoms with Crippen LogP contribution in [0.2, 0.25) is 0 Å². The molecule has 2 fully saturated rings. The van der Waals surface area contributed by atoms with E-state index in [0.29, 0.717) is 10.8 Å². The molecule has 2 aliphatic heterocycles. The summed E-state index contributed by atoms with van der Waals surface area (Å²) in [5, 5.41) is 0. The molecule has 0 amide bonds. The van der Waals surface area contributed by atoms with Gasteiger partial charge in [0.25, 0.3) is 0 Å². The fourth-order valence-corrected chi connectivity index (χ4v) is 5.89. The van der Waals surface area contributed by atoms with Crippen LogP contribution in [0.5, 0.6) is 0 Å². The summed E-state index contributed by atoms with van der Waals surface area (Å²) in [5.74, 6) is 0.869. The Morgan fingerprint density at radius 3 is 1.32 bits per heavy atom. The molecule has 0 radical (unpaired) electrons. The van der Waals surface area contributed by atoms with E-state index in [1.807, 2.05) is 13.8 Å². The molecular weight excluding hydrogens is 450 g/mol. The van der Waals surface area contributed by atoms with E-state index in [0.717, 1.165) is 5.92 Å². The Balaban J connectivity index is -0.00000115. The summed E-state index contributed by atoms with van der Waals surface area (Å²) in [5.41, 5.74) is 1.31. The number of piperidine rings is 1. The molecule has 0 aromatic rings. The Morgan fingerprint density at radius 2 is 0.973 bits per heavy atom. The van der Waals surface area contributed by atoms with E-state index in [1.165, 1.54) is 77.8 Å². The highest BCUT2D eigenvalue weighted by Gasteiger charge is 2.44. The van der Waals surface area contributed by atoms with Crippen LogP contribution in [0, 0.1) is 16.7 Å². The number of hydrogen-bond donors (Lipinski definition) is 0. The van der Waals surface area contributed by atoms with Crippen molar-refractivity contribution in [3.63, 3.8) is 0 Å². The zero-order valence-electron chi connectivity index (χ0n) is 28.4. The third kappa shape index (κ3) is 13.2. The van der Waals surface area contributed by atoms with Crippen LogP contribution in [0.4, 0.5) is 0 Å². The van der Waals surface area contributed by atoms with Crippen LogP contribution in [0.1, 0.15) is 150 Å². The molecule has 0 saturated carbocycles. The summed E-state index contributed by atoms with van der Waals surface area (Å²) in [6, 6.07) is 0. The molecule has 37 heavy (non-hydrogen) atoms. The first-order valence-electron chi connectivity index (χ1n) is 15.7. The highest BCUT2D eigenvalue weighted by atomic mass is 15.3. The van der Waals surface area contributed by atoms with Gasteiger partial charge in [-0.25, -0.2) is 0 Å². The summed E-state index contributed by atoms with van der Waals surface area (Å²) in [4.78, 5) is 8.04. The van der Waals surface area contributed by atoms with Crippen molar-refractivity contribution in [3.8, 4) is 0 Å². The molecule has 0 spiro atoms. The van der Waals surface area contributed by atoms with Crippen LogP contribution in [0.25, 0.3) is 0 Å². The first-order chi connectivity index (χ1) is 16.6. The van der Waals surface area contributed by atoms with Gasteiger partial charge in [-0.15, -0.1) is 0 Å². The van der Waals surface area contributed by atoms with Gasteiger partial charge in [0.2, 0.25) is 0 Å². The van der Waals surface area contributed by atoms with Gasteiger partial charge >= 0.3 is 0 Å². The third-order valence-corrected chi connectivity index (χ3v) is 9.18. The van der Waals surface area contributed by atoms with Crippen molar-refractivity contribution in [2.24, 2.45) is 16.7 Å². The largest absolute Gasteiger partial charge is 0.306 e. The predicted octanol–water partition coefficient (Wildman–Crippen LogP) is 9.85. The second-order valence-electron chi connectivity index (χ2n) is 13.7.